The standard InChI is InChI=1S/C27H30N2O6S/c1-17-6-10-21(11-7-17)36(31,32)29-16-26(35-25-14-18(2)8-12-23(25)29)27(30)28-19(3)22-15-20(33-4)9-13-24(22)34-5/h6-15,19,26H,16H2,1-5H3,(H,28,30)/t19-,26+/m1/s1. The van der Waals surface area contributed by atoms with Gasteiger partial charge in [-0.3, -0.25) is 9.10 Å². The van der Waals surface area contributed by atoms with E-state index in [4.69, 9.17) is 14.2 Å². The van der Waals surface area contributed by atoms with E-state index in [1.165, 1.54) is 4.31 Å². The number of amides is 1. The third kappa shape index (κ3) is 4.97. The Bertz CT molecular complexity index is 1370. The largest absolute Gasteiger partial charge is 0.497 e. The molecular weight excluding hydrogens is 480 g/mol. The smallest absolute Gasteiger partial charge is 0.264 e. The number of sulfonamides is 1. The molecule has 0 radical (unpaired) electrons. The minimum absolute atomic E-state index is 0.148. The molecule has 1 amide bonds. The predicted molar refractivity (Wildman–Crippen MR) is 137 cm³/mol. The molecule has 0 unspecified atom stereocenters. The zero-order valence-corrected chi connectivity index (χ0v) is 21.8. The van der Waals surface area contributed by atoms with Crippen molar-refractivity contribution in [2.75, 3.05) is 25.1 Å². The van der Waals surface area contributed by atoms with Gasteiger partial charge in [-0.2, -0.15) is 0 Å². The molecule has 9 heteroatoms. The van der Waals surface area contributed by atoms with E-state index >= 15 is 0 Å². The normalized spacial score (nSPS) is 15.9. The van der Waals surface area contributed by atoms with Gasteiger partial charge < -0.3 is 19.5 Å². The lowest BCUT2D eigenvalue weighted by Gasteiger charge is -2.35. The molecule has 36 heavy (non-hydrogen) atoms. The van der Waals surface area contributed by atoms with E-state index in [2.05, 4.69) is 5.32 Å². The van der Waals surface area contributed by atoms with Crippen molar-refractivity contribution >= 4 is 21.6 Å². The van der Waals surface area contributed by atoms with E-state index in [1.54, 1.807) is 68.8 Å². The number of hydrogen-bond donors (Lipinski definition) is 1. The first-order valence-electron chi connectivity index (χ1n) is 11.5. The third-order valence-corrected chi connectivity index (χ3v) is 7.94. The number of anilines is 1. The van der Waals surface area contributed by atoms with Crippen LogP contribution in [0.25, 0.3) is 0 Å². The molecule has 4 rings (SSSR count). The van der Waals surface area contributed by atoms with Gasteiger partial charge in [-0.05, 0) is 68.8 Å². The number of methoxy groups -OCH3 is 2. The quantitative estimate of drug-likeness (QED) is 0.513. The Labute approximate surface area is 211 Å². The topological polar surface area (TPSA) is 94.2 Å². The van der Waals surface area contributed by atoms with E-state index in [1.807, 2.05) is 26.8 Å². The molecule has 1 aliphatic rings. The Balaban J connectivity index is 1.65. The highest BCUT2D eigenvalue weighted by molar-refractivity contribution is 7.92. The van der Waals surface area contributed by atoms with Crippen LogP contribution in [0, 0.1) is 13.8 Å². The van der Waals surface area contributed by atoms with Crippen LogP contribution in [-0.2, 0) is 14.8 Å². The van der Waals surface area contributed by atoms with Crippen LogP contribution in [0.3, 0.4) is 0 Å². The monoisotopic (exact) mass is 510 g/mol. The Kier molecular flexibility index (Phi) is 7.12. The van der Waals surface area contributed by atoms with Crippen molar-refractivity contribution in [2.24, 2.45) is 0 Å². The molecule has 3 aromatic carbocycles. The average Bonchev–Trinajstić information content (AvgIpc) is 2.87. The Morgan fingerprint density at radius 1 is 1.00 bits per heavy atom. The van der Waals surface area contributed by atoms with Crippen molar-refractivity contribution in [2.45, 2.75) is 37.8 Å². The molecule has 3 aromatic rings. The van der Waals surface area contributed by atoms with Gasteiger partial charge in [0, 0.05) is 5.56 Å². The summed E-state index contributed by atoms with van der Waals surface area (Å²) in [5.74, 6) is 1.12. The van der Waals surface area contributed by atoms with Crippen molar-refractivity contribution in [1.82, 2.24) is 5.32 Å². The molecule has 2 atom stereocenters. The molecule has 1 N–H and O–H groups in total. The number of aryl methyl sites for hydroxylation is 2. The number of carbonyl (C=O) groups is 1. The molecule has 0 saturated carbocycles. The first kappa shape index (κ1) is 25.4. The van der Waals surface area contributed by atoms with Gasteiger partial charge in [0.2, 0.25) is 0 Å². The van der Waals surface area contributed by atoms with Crippen LogP contribution in [0.15, 0.2) is 65.6 Å². The molecule has 0 fully saturated rings. The number of nitrogens with zero attached hydrogens (tertiary/aromatic N) is 1. The van der Waals surface area contributed by atoms with E-state index in [0.29, 0.717) is 22.9 Å². The van der Waals surface area contributed by atoms with Crippen LogP contribution in [0.4, 0.5) is 5.69 Å². The zero-order chi connectivity index (χ0) is 26.0. The van der Waals surface area contributed by atoms with Crippen LogP contribution >= 0.6 is 0 Å². The minimum atomic E-state index is -3.93. The third-order valence-electron chi connectivity index (χ3n) is 6.15. The summed E-state index contributed by atoms with van der Waals surface area (Å²) in [6.07, 6.45) is -1.06. The number of nitrogens with one attached hydrogen (secondary N) is 1. The Hall–Kier alpha value is -3.72. The summed E-state index contributed by atoms with van der Waals surface area (Å²) >= 11 is 0. The molecule has 0 saturated heterocycles. The second kappa shape index (κ2) is 10.1. The molecule has 8 nitrogen and oxygen atoms in total. The van der Waals surface area contributed by atoms with Crippen molar-refractivity contribution in [3.8, 4) is 17.2 Å². The van der Waals surface area contributed by atoms with Gasteiger partial charge in [0.25, 0.3) is 15.9 Å². The lowest BCUT2D eigenvalue weighted by molar-refractivity contribution is -0.128. The average molecular weight is 511 g/mol. The van der Waals surface area contributed by atoms with Crippen molar-refractivity contribution in [1.29, 1.82) is 0 Å². The fraction of sp³-hybridized carbons (Fsp3) is 0.296. The fourth-order valence-corrected chi connectivity index (χ4v) is 5.60. The van der Waals surface area contributed by atoms with Gasteiger partial charge in [-0.15, -0.1) is 0 Å². The van der Waals surface area contributed by atoms with Gasteiger partial charge in [0.15, 0.2) is 6.10 Å². The maximum absolute atomic E-state index is 13.6. The summed E-state index contributed by atoms with van der Waals surface area (Å²) in [6.45, 7) is 5.42. The van der Waals surface area contributed by atoms with Gasteiger partial charge >= 0.3 is 0 Å². The summed E-state index contributed by atoms with van der Waals surface area (Å²) in [6, 6.07) is 16.8. The first-order chi connectivity index (χ1) is 17.1. The van der Waals surface area contributed by atoms with Crippen LogP contribution in [-0.4, -0.2) is 41.2 Å². The summed E-state index contributed by atoms with van der Waals surface area (Å²) in [7, 11) is -0.820. The van der Waals surface area contributed by atoms with E-state index in [9.17, 15) is 13.2 Å². The van der Waals surface area contributed by atoms with Gasteiger partial charge in [-0.25, -0.2) is 8.42 Å². The number of benzene rings is 3. The summed E-state index contributed by atoms with van der Waals surface area (Å²) in [5.41, 5.74) is 2.96. The fourth-order valence-electron chi connectivity index (χ4n) is 4.12. The van der Waals surface area contributed by atoms with Crippen LogP contribution in [0.1, 0.15) is 29.7 Å². The second-order valence-electron chi connectivity index (χ2n) is 8.77. The molecule has 0 aromatic heterocycles. The number of fused-ring (bicyclic) bond motifs is 1. The SMILES string of the molecule is COc1ccc(OC)c([C@@H](C)NC(=O)[C@@H]2CN(S(=O)(=O)c3ccc(C)cc3)c3ccc(C)cc3O2)c1. The van der Waals surface area contributed by atoms with Crippen molar-refractivity contribution < 1.29 is 27.4 Å². The van der Waals surface area contributed by atoms with Crippen LogP contribution in [0.5, 0.6) is 17.2 Å². The van der Waals surface area contributed by atoms with Crippen LogP contribution in [0.2, 0.25) is 0 Å². The van der Waals surface area contributed by atoms with E-state index < -0.39 is 28.1 Å². The van der Waals surface area contributed by atoms with Crippen molar-refractivity contribution in [3.63, 3.8) is 0 Å². The molecular formula is C27H30N2O6S. The molecule has 190 valence electrons. The van der Waals surface area contributed by atoms with Gasteiger partial charge in [-0.1, -0.05) is 23.8 Å². The number of hydrogen-bond acceptors (Lipinski definition) is 6. The molecule has 1 aliphatic heterocycles. The van der Waals surface area contributed by atoms with Crippen LogP contribution < -0.4 is 23.8 Å². The minimum Gasteiger partial charge on any atom is -0.497 e. The predicted octanol–water partition coefficient (Wildman–Crippen LogP) is 4.15. The van der Waals surface area contributed by atoms with Gasteiger partial charge in [0.05, 0.1) is 37.4 Å². The second-order valence-corrected chi connectivity index (χ2v) is 10.6. The Morgan fingerprint density at radius 2 is 1.69 bits per heavy atom. The zero-order valence-electron chi connectivity index (χ0n) is 20.9. The van der Waals surface area contributed by atoms with Crippen molar-refractivity contribution in [3.05, 3.63) is 77.4 Å². The molecule has 0 spiro atoms. The summed E-state index contributed by atoms with van der Waals surface area (Å²) in [4.78, 5) is 13.5. The highest BCUT2D eigenvalue weighted by Crippen LogP contribution is 2.38. The molecule has 0 aliphatic carbocycles. The number of carbonyl (C=O) groups excluding carboxylic acids is 1. The molecule has 0 bridgehead atoms. The maximum atomic E-state index is 13.6. The molecule has 1 heterocycles. The number of rotatable bonds is 7. The lowest BCUT2D eigenvalue weighted by Crippen LogP contribution is -2.51. The van der Waals surface area contributed by atoms with E-state index in [-0.39, 0.29) is 11.4 Å². The lowest BCUT2D eigenvalue weighted by atomic mass is 10.1. The summed E-state index contributed by atoms with van der Waals surface area (Å²) < 4.78 is 45.3. The van der Waals surface area contributed by atoms with Gasteiger partial charge in [0.1, 0.15) is 17.2 Å². The highest BCUT2D eigenvalue weighted by atomic mass is 32.2. The Morgan fingerprint density at radius 3 is 2.36 bits per heavy atom. The first-order valence-corrected chi connectivity index (χ1v) is 13.0. The number of ether oxygens (including phenoxy) is 3. The maximum Gasteiger partial charge on any atom is 0.264 e. The summed E-state index contributed by atoms with van der Waals surface area (Å²) in [5, 5.41) is 2.94. The highest BCUT2D eigenvalue weighted by Gasteiger charge is 2.38. The van der Waals surface area contributed by atoms with E-state index in [0.717, 1.165) is 16.7 Å².